The molecule has 0 unspecified atom stereocenters. The van der Waals surface area contributed by atoms with E-state index in [-0.39, 0.29) is 22.3 Å². The zero-order chi connectivity index (χ0) is 25.1. The van der Waals surface area contributed by atoms with Crippen LogP contribution in [0, 0.1) is 51.4 Å². The summed E-state index contributed by atoms with van der Waals surface area (Å²) >= 11 is 0. The Morgan fingerprint density at radius 3 is 0.912 bits per heavy atom. The number of nitrogens with zero attached hydrogens (tertiary/aromatic N) is 8. The molecule has 0 saturated carbocycles. The predicted molar refractivity (Wildman–Crippen MR) is 126 cm³/mol. The van der Waals surface area contributed by atoms with Gasteiger partial charge in [0.05, 0.1) is 10.2 Å². The summed E-state index contributed by atoms with van der Waals surface area (Å²) in [4.78, 5) is 28.4. The smallest absolute Gasteiger partial charge is 0.457 e. The quantitative estimate of drug-likeness (QED) is 0.277. The average Bonchev–Trinajstić information content (AvgIpc) is 3.42. The summed E-state index contributed by atoms with van der Waals surface area (Å²) < 4.78 is 5.58. The summed E-state index contributed by atoms with van der Waals surface area (Å²) in [5.74, 6) is 2.92. The van der Waals surface area contributed by atoms with Crippen molar-refractivity contribution in [3.63, 3.8) is 0 Å². The fourth-order valence-corrected chi connectivity index (χ4v) is 1.74. The van der Waals surface area contributed by atoms with Crippen molar-refractivity contribution in [1.29, 1.82) is 0 Å². The summed E-state index contributed by atoms with van der Waals surface area (Å²) in [6.07, 6.45) is 16.0. The summed E-state index contributed by atoms with van der Waals surface area (Å²) in [6.45, 7) is 16.6. The van der Waals surface area contributed by atoms with E-state index in [9.17, 15) is 0 Å². The van der Waals surface area contributed by atoms with E-state index in [1.54, 1.807) is 37.2 Å². The van der Waals surface area contributed by atoms with E-state index in [1.165, 1.54) is 0 Å². The van der Waals surface area contributed by atoms with Crippen LogP contribution in [-0.2, 0) is 22.3 Å². The summed E-state index contributed by atoms with van der Waals surface area (Å²) in [6, 6.07) is 0. The molecule has 3 N–H and O–H groups in total. The normalized spacial score (nSPS) is 7.85. The summed E-state index contributed by atoms with van der Waals surface area (Å²) in [5, 5.41) is 29.5. The van der Waals surface area contributed by atoms with Gasteiger partial charge in [-0.25, -0.2) is 15.0 Å². The van der Waals surface area contributed by atoms with Crippen molar-refractivity contribution in [3.8, 4) is 0 Å². The van der Waals surface area contributed by atoms with Crippen LogP contribution in [0.4, 0.5) is 0 Å². The van der Waals surface area contributed by atoms with Crippen LogP contribution in [-0.4, -0.2) is 38.8 Å². The first kappa shape index (κ1) is 37.1. The molecule has 3 aromatic rings. The van der Waals surface area contributed by atoms with Gasteiger partial charge in [0.25, 0.3) is 0 Å². The van der Waals surface area contributed by atoms with E-state index in [0.29, 0.717) is 0 Å². The molecule has 189 valence electrons. The first-order valence-electron chi connectivity index (χ1n) is 8.49. The second-order valence-corrected chi connectivity index (χ2v) is 5.14. The molecular formula is C18H27CoN8O7+. The van der Waals surface area contributed by atoms with Crippen LogP contribution in [0.15, 0.2) is 56.9 Å². The molecule has 0 aromatic carbocycles. The van der Waals surface area contributed by atoms with Crippen LogP contribution >= 0.6 is 0 Å². The minimum Gasteiger partial charge on any atom is -0.457 e. The Morgan fingerprint density at radius 2 is 0.853 bits per heavy atom. The van der Waals surface area contributed by atoms with Gasteiger partial charge in [-0.15, -0.1) is 0 Å². The van der Waals surface area contributed by atoms with Crippen molar-refractivity contribution in [2.75, 3.05) is 0 Å². The van der Waals surface area contributed by atoms with Crippen molar-refractivity contribution < 1.29 is 32.4 Å². The van der Waals surface area contributed by atoms with Crippen LogP contribution < -0.4 is 0 Å². The minimum atomic E-state index is -1.75. The molecule has 0 amide bonds. The molecule has 0 atom stereocenters. The Balaban J connectivity index is -0.000000168. The molecule has 0 aliphatic carbocycles. The summed E-state index contributed by atoms with van der Waals surface area (Å²) in [7, 11) is 0. The fourth-order valence-electron chi connectivity index (χ4n) is 1.74. The number of hydrogen-bond acceptors (Lipinski definition) is 9. The van der Waals surface area contributed by atoms with Gasteiger partial charge in [0.1, 0.15) is 17.5 Å². The number of imidazole rings is 3. The van der Waals surface area contributed by atoms with E-state index in [4.69, 9.17) is 30.6 Å². The number of rotatable bonds is 3. The van der Waals surface area contributed by atoms with Crippen molar-refractivity contribution in [1.82, 2.24) is 28.7 Å². The molecule has 0 aliphatic heterocycles. The Labute approximate surface area is 205 Å². The van der Waals surface area contributed by atoms with Gasteiger partial charge in [-0.05, 0) is 20.8 Å². The van der Waals surface area contributed by atoms with Gasteiger partial charge in [0, 0.05) is 55.8 Å². The molecule has 15 nitrogen and oxygen atoms in total. The molecule has 1 radical (unpaired) electrons. The Bertz CT molecular complexity index is 859. The van der Waals surface area contributed by atoms with Gasteiger partial charge in [0.15, 0.2) is 0 Å². The third kappa shape index (κ3) is 19.7. The molecule has 0 bridgehead atoms. The van der Waals surface area contributed by atoms with Crippen molar-refractivity contribution in [3.05, 3.63) is 105 Å². The molecule has 0 aliphatic rings. The number of hydrogen-bond donors (Lipinski definition) is 0. The molecular weight excluding hydrogens is 499 g/mol. The monoisotopic (exact) mass is 526 g/mol. The second kappa shape index (κ2) is 21.9. The molecule has 16 heteroatoms. The van der Waals surface area contributed by atoms with Gasteiger partial charge in [-0.1, -0.05) is 19.7 Å². The van der Waals surface area contributed by atoms with E-state index in [2.05, 4.69) is 34.7 Å². The van der Waals surface area contributed by atoms with Crippen LogP contribution in [0.25, 0.3) is 18.6 Å². The Hall–Kier alpha value is -4.28. The third-order valence-electron chi connectivity index (χ3n) is 3.18. The standard InChI is InChI=1S/3C6H8N2.Co.2NO3.H2O/c3*1-3-8-5-4-7-6(8)2;;2*2-1(3)4;/h3*3-5H,1H2,2H3;;;;1H2/q;;;+2;2*-1;/p+1. The Morgan fingerprint density at radius 1 is 0.676 bits per heavy atom. The van der Waals surface area contributed by atoms with Crippen LogP contribution in [0.2, 0.25) is 0 Å². The molecule has 3 rings (SSSR count). The number of aryl methyl sites for hydroxylation is 3. The van der Waals surface area contributed by atoms with E-state index in [0.717, 1.165) is 17.5 Å². The zero-order valence-electron chi connectivity index (χ0n) is 18.8. The van der Waals surface area contributed by atoms with Gasteiger partial charge < -0.3 is 49.8 Å². The molecule has 0 fully saturated rings. The van der Waals surface area contributed by atoms with E-state index in [1.807, 2.05) is 53.1 Å². The topological polar surface area (TPSA) is 219 Å². The van der Waals surface area contributed by atoms with Crippen LogP contribution in [0.3, 0.4) is 0 Å². The van der Waals surface area contributed by atoms with E-state index >= 15 is 0 Å². The largest absolute Gasteiger partial charge is 2.00 e. The molecule has 3 heterocycles. The maximum absolute atomic E-state index is 8.25. The molecule has 34 heavy (non-hydrogen) atoms. The molecule has 3 aromatic heterocycles. The van der Waals surface area contributed by atoms with Gasteiger partial charge >= 0.3 is 16.8 Å². The second-order valence-electron chi connectivity index (χ2n) is 5.14. The van der Waals surface area contributed by atoms with Crippen LogP contribution in [0.5, 0.6) is 0 Å². The maximum Gasteiger partial charge on any atom is 2.00 e. The van der Waals surface area contributed by atoms with Gasteiger partial charge in [-0.3, -0.25) is 0 Å². The van der Waals surface area contributed by atoms with Gasteiger partial charge in [0.2, 0.25) is 0 Å². The molecule has 0 saturated heterocycles. The van der Waals surface area contributed by atoms with Crippen LogP contribution in [0.1, 0.15) is 17.5 Å². The minimum absolute atomic E-state index is 0. The first-order chi connectivity index (χ1) is 15.0. The average molecular weight is 526 g/mol. The van der Waals surface area contributed by atoms with Crippen molar-refractivity contribution in [2.45, 2.75) is 20.8 Å². The fraction of sp³-hybridized carbons (Fsp3) is 0.167. The number of aromatic nitrogens is 6. The SMILES string of the molecule is C=Cn1ccnc1C.C=Cn1ccnc1C.C=Cn1ccnc1C.O=[N+]([O-])[O-].O=[N+]([O-])[O-].[Co+2].[OH3+]. The van der Waals surface area contributed by atoms with E-state index < -0.39 is 10.2 Å². The third-order valence-corrected chi connectivity index (χ3v) is 3.18. The first-order valence-corrected chi connectivity index (χ1v) is 8.49. The summed E-state index contributed by atoms with van der Waals surface area (Å²) in [5.41, 5.74) is 0. The molecule has 0 spiro atoms. The predicted octanol–water partition coefficient (Wildman–Crippen LogP) is 2.47. The Kier molecular flexibility index (Phi) is 23.9. The maximum atomic E-state index is 8.25. The van der Waals surface area contributed by atoms with Gasteiger partial charge in [-0.2, -0.15) is 0 Å². The van der Waals surface area contributed by atoms with Crippen molar-refractivity contribution in [2.24, 2.45) is 0 Å². The van der Waals surface area contributed by atoms with Crippen molar-refractivity contribution >= 4 is 18.6 Å². The zero-order valence-corrected chi connectivity index (χ0v) is 19.8.